The van der Waals surface area contributed by atoms with Crippen molar-refractivity contribution in [2.75, 3.05) is 42.6 Å². The Balaban J connectivity index is 1.38. The number of ether oxygens (including phenoxy) is 1. The van der Waals surface area contributed by atoms with Crippen LogP contribution in [0.15, 0.2) is 48.0 Å². The molecule has 0 N–H and O–H groups in total. The SMILES string of the molecule is CCOC(=O)c1cnc(-c2cccc(C)c2)nc1N1CCN(c2nnc(-c3cccs3)s2)CC1. The largest absolute Gasteiger partial charge is 0.462 e. The van der Waals surface area contributed by atoms with Gasteiger partial charge in [-0.05, 0) is 31.4 Å². The predicted molar refractivity (Wildman–Crippen MR) is 136 cm³/mol. The molecule has 1 saturated heterocycles. The summed E-state index contributed by atoms with van der Waals surface area (Å²) < 4.78 is 5.28. The molecule has 174 valence electrons. The van der Waals surface area contributed by atoms with Crippen LogP contribution < -0.4 is 9.80 Å². The Bertz CT molecular complexity index is 1280. The summed E-state index contributed by atoms with van der Waals surface area (Å²) in [6, 6.07) is 12.1. The number of nitrogens with zero attached hydrogens (tertiary/aromatic N) is 6. The number of benzene rings is 1. The van der Waals surface area contributed by atoms with E-state index in [0.717, 1.165) is 39.2 Å². The van der Waals surface area contributed by atoms with Gasteiger partial charge in [0.1, 0.15) is 11.4 Å². The smallest absolute Gasteiger partial charge is 0.343 e. The normalized spacial score (nSPS) is 13.8. The van der Waals surface area contributed by atoms with Crippen LogP contribution in [0.2, 0.25) is 0 Å². The average molecular weight is 493 g/mol. The van der Waals surface area contributed by atoms with Crippen molar-refractivity contribution in [1.29, 1.82) is 0 Å². The Morgan fingerprint density at radius 3 is 2.65 bits per heavy atom. The minimum Gasteiger partial charge on any atom is -0.462 e. The maximum Gasteiger partial charge on any atom is 0.343 e. The number of hydrogen-bond donors (Lipinski definition) is 0. The number of hydrogen-bond acceptors (Lipinski definition) is 10. The molecule has 0 spiro atoms. The van der Waals surface area contributed by atoms with Crippen LogP contribution in [0.5, 0.6) is 0 Å². The zero-order chi connectivity index (χ0) is 23.5. The van der Waals surface area contributed by atoms with Crippen molar-refractivity contribution in [1.82, 2.24) is 20.2 Å². The second-order valence-corrected chi connectivity index (χ2v) is 9.77. The van der Waals surface area contributed by atoms with Crippen LogP contribution in [0.25, 0.3) is 21.3 Å². The zero-order valence-corrected chi connectivity index (χ0v) is 20.6. The van der Waals surface area contributed by atoms with Crippen molar-refractivity contribution >= 4 is 39.6 Å². The molecular formula is C24H24N6O2S2. The molecule has 0 aliphatic carbocycles. The van der Waals surface area contributed by atoms with E-state index >= 15 is 0 Å². The molecule has 34 heavy (non-hydrogen) atoms. The Kier molecular flexibility index (Phi) is 6.50. The summed E-state index contributed by atoms with van der Waals surface area (Å²) in [5.74, 6) is 0.806. The lowest BCUT2D eigenvalue weighted by atomic mass is 10.1. The molecule has 10 heteroatoms. The second kappa shape index (κ2) is 9.86. The summed E-state index contributed by atoms with van der Waals surface area (Å²) in [4.78, 5) is 27.4. The highest BCUT2D eigenvalue weighted by Gasteiger charge is 2.26. The molecule has 0 bridgehead atoms. The number of carbonyl (C=O) groups excluding carboxylic acids is 1. The van der Waals surface area contributed by atoms with Gasteiger partial charge in [-0.25, -0.2) is 14.8 Å². The lowest BCUT2D eigenvalue weighted by Gasteiger charge is -2.35. The lowest BCUT2D eigenvalue weighted by Crippen LogP contribution is -2.47. The number of aryl methyl sites for hydroxylation is 1. The van der Waals surface area contributed by atoms with E-state index in [1.807, 2.05) is 42.6 Å². The standard InChI is InChI=1S/C24H24N6O2S2/c1-3-32-23(31)18-15-25-20(17-7-4-6-16(2)14-17)26-21(18)29-9-11-30(12-10-29)24-28-27-22(34-24)19-8-5-13-33-19/h4-8,13-15H,3,9-12H2,1-2H3. The van der Waals surface area contributed by atoms with E-state index in [2.05, 4.69) is 31.0 Å². The van der Waals surface area contributed by atoms with Gasteiger partial charge in [-0.15, -0.1) is 21.5 Å². The molecule has 0 saturated carbocycles. The first-order valence-electron chi connectivity index (χ1n) is 11.1. The van der Waals surface area contributed by atoms with Gasteiger partial charge < -0.3 is 14.5 Å². The van der Waals surface area contributed by atoms with Crippen LogP contribution in [0, 0.1) is 6.92 Å². The van der Waals surface area contributed by atoms with E-state index in [1.165, 1.54) is 0 Å². The Labute approximate surface area is 205 Å². The molecule has 0 unspecified atom stereocenters. The van der Waals surface area contributed by atoms with Crippen molar-refractivity contribution in [3.8, 4) is 21.3 Å². The number of anilines is 2. The predicted octanol–water partition coefficient (Wildman–Crippen LogP) is 4.54. The first-order valence-corrected chi connectivity index (χ1v) is 12.8. The van der Waals surface area contributed by atoms with E-state index in [1.54, 1.807) is 35.8 Å². The summed E-state index contributed by atoms with van der Waals surface area (Å²) in [6.45, 7) is 7.04. The van der Waals surface area contributed by atoms with Crippen LogP contribution in [0.3, 0.4) is 0 Å². The average Bonchev–Trinajstić information content (AvgIpc) is 3.56. The van der Waals surface area contributed by atoms with Crippen LogP contribution in [-0.2, 0) is 4.74 Å². The zero-order valence-electron chi connectivity index (χ0n) is 19.0. The fraction of sp³-hybridized carbons (Fsp3) is 0.292. The van der Waals surface area contributed by atoms with Crippen molar-refractivity contribution in [2.45, 2.75) is 13.8 Å². The molecular weight excluding hydrogens is 468 g/mol. The van der Waals surface area contributed by atoms with Crippen molar-refractivity contribution in [3.63, 3.8) is 0 Å². The number of thiophene rings is 1. The van der Waals surface area contributed by atoms with Gasteiger partial charge in [0.05, 0.1) is 11.5 Å². The summed E-state index contributed by atoms with van der Waals surface area (Å²) in [7, 11) is 0. The molecule has 5 rings (SSSR count). The van der Waals surface area contributed by atoms with Gasteiger partial charge >= 0.3 is 5.97 Å². The molecule has 1 aliphatic heterocycles. The first-order chi connectivity index (χ1) is 16.6. The van der Waals surface area contributed by atoms with Crippen molar-refractivity contribution < 1.29 is 9.53 Å². The lowest BCUT2D eigenvalue weighted by molar-refractivity contribution is 0.0526. The number of esters is 1. The molecule has 4 heterocycles. The van der Waals surface area contributed by atoms with Gasteiger partial charge in [0.25, 0.3) is 0 Å². The Hall–Kier alpha value is -3.37. The number of aromatic nitrogens is 4. The van der Waals surface area contributed by atoms with Crippen LogP contribution in [-0.4, -0.2) is 58.9 Å². The highest BCUT2D eigenvalue weighted by molar-refractivity contribution is 7.22. The summed E-state index contributed by atoms with van der Waals surface area (Å²) >= 11 is 3.27. The van der Waals surface area contributed by atoms with Crippen molar-refractivity contribution in [2.24, 2.45) is 0 Å². The van der Waals surface area contributed by atoms with Gasteiger partial charge in [0.15, 0.2) is 10.8 Å². The quantitative estimate of drug-likeness (QED) is 0.363. The van der Waals surface area contributed by atoms with Crippen LogP contribution in [0.1, 0.15) is 22.8 Å². The molecule has 0 atom stereocenters. The van der Waals surface area contributed by atoms with Gasteiger partial charge in [0, 0.05) is 37.9 Å². The molecule has 0 radical (unpaired) electrons. The first kappa shape index (κ1) is 22.4. The minimum atomic E-state index is -0.402. The Morgan fingerprint density at radius 2 is 1.91 bits per heavy atom. The highest BCUT2D eigenvalue weighted by atomic mass is 32.1. The fourth-order valence-electron chi connectivity index (χ4n) is 3.84. The van der Waals surface area contributed by atoms with Crippen LogP contribution >= 0.6 is 22.7 Å². The third kappa shape index (κ3) is 4.64. The highest BCUT2D eigenvalue weighted by Crippen LogP contribution is 2.32. The Morgan fingerprint density at radius 1 is 1.09 bits per heavy atom. The van der Waals surface area contributed by atoms with E-state index < -0.39 is 5.97 Å². The molecule has 1 fully saturated rings. The van der Waals surface area contributed by atoms with Crippen LogP contribution in [0.4, 0.5) is 10.9 Å². The van der Waals surface area contributed by atoms with Gasteiger partial charge in [0.2, 0.25) is 5.13 Å². The molecule has 0 amide bonds. The van der Waals surface area contributed by atoms with Gasteiger partial charge in [-0.1, -0.05) is 41.2 Å². The monoisotopic (exact) mass is 492 g/mol. The van der Waals surface area contributed by atoms with Gasteiger partial charge in [-0.3, -0.25) is 0 Å². The molecule has 1 aliphatic rings. The summed E-state index contributed by atoms with van der Waals surface area (Å²) in [6.07, 6.45) is 1.59. The molecule has 3 aromatic heterocycles. The summed E-state index contributed by atoms with van der Waals surface area (Å²) in [5, 5.41) is 12.7. The number of piperazine rings is 1. The maximum absolute atomic E-state index is 12.7. The number of carbonyl (C=O) groups is 1. The van der Waals surface area contributed by atoms with E-state index in [0.29, 0.717) is 36.9 Å². The maximum atomic E-state index is 12.7. The van der Waals surface area contributed by atoms with Crippen molar-refractivity contribution in [3.05, 3.63) is 59.1 Å². The van der Waals surface area contributed by atoms with Gasteiger partial charge in [-0.2, -0.15) is 0 Å². The molecule has 4 aromatic rings. The topological polar surface area (TPSA) is 84.3 Å². The molecule has 8 nitrogen and oxygen atoms in total. The second-order valence-electron chi connectivity index (χ2n) is 7.86. The van der Waals surface area contributed by atoms with E-state index in [4.69, 9.17) is 9.72 Å². The third-order valence-electron chi connectivity index (χ3n) is 5.54. The third-order valence-corrected chi connectivity index (χ3v) is 7.56. The molecule has 1 aromatic carbocycles. The van der Waals surface area contributed by atoms with E-state index in [9.17, 15) is 4.79 Å². The summed E-state index contributed by atoms with van der Waals surface area (Å²) in [5.41, 5.74) is 2.44. The van der Waals surface area contributed by atoms with E-state index in [-0.39, 0.29) is 0 Å². The minimum absolute atomic E-state index is 0.301. The number of rotatable bonds is 6. The fourth-order valence-corrected chi connectivity index (χ4v) is 5.53.